The summed E-state index contributed by atoms with van der Waals surface area (Å²) >= 11 is 6.42. The average Bonchev–Trinajstić information content (AvgIpc) is 3.68. The first-order valence-electron chi connectivity index (χ1n) is 11.7. The zero-order valence-electron chi connectivity index (χ0n) is 19.4. The van der Waals surface area contributed by atoms with Crippen LogP contribution in [0, 0.1) is 11.6 Å². The Kier molecular flexibility index (Phi) is 8.23. The second-order valence-corrected chi connectivity index (χ2v) is 11.0. The summed E-state index contributed by atoms with van der Waals surface area (Å²) in [5.74, 6) is -3.38. The van der Waals surface area contributed by atoms with Crippen molar-refractivity contribution in [3.05, 3.63) is 64.7 Å². The van der Waals surface area contributed by atoms with Crippen LogP contribution in [-0.4, -0.2) is 50.2 Å². The molecule has 0 aromatic heterocycles. The molecule has 2 aromatic carbocycles. The SMILES string of the molecule is O=C(NC1CCCCC1)[C@H](c1ccccc1Cl)N(C(=O)CNS(=O)(=O)N1CC1)c1cc(F)cc(F)c1. The molecule has 0 radical (unpaired) electrons. The average molecular weight is 541 g/mol. The Hall–Kier alpha value is -2.60. The number of carbonyl (C=O) groups is 2. The van der Waals surface area contributed by atoms with Gasteiger partial charge in [-0.05, 0) is 31.0 Å². The number of hydrogen-bond acceptors (Lipinski definition) is 4. The van der Waals surface area contributed by atoms with Crippen LogP contribution in [0.5, 0.6) is 0 Å². The number of anilines is 1. The van der Waals surface area contributed by atoms with E-state index in [1.54, 1.807) is 18.2 Å². The summed E-state index contributed by atoms with van der Waals surface area (Å²) in [4.78, 5) is 28.1. The molecule has 8 nitrogen and oxygen atoms in total. The molecule has 2 aromatic rings. The molecule has 1 aliphatic heterocycles. The van der Waals surface area contributed by atoms with Crippen LogP contribution >= 0.6 is 11.6 Å². The predicted octanol–water partition coefficient (Wildman–Crippen LogP) is 3.29. The molecule has 1 aliphatic carbocycles. The van der Waals surface area contributed by atoms with Crippen LogP contribution < -0.4 is 14.9 Å². The van der Waals surface area contributed by atoms with Crippen LogP contribution in [0.15, 0.2) is 42.5 Å². The summed E-state index contributed by atoms with van der Waals surface area (Å²) in [6.07, 6.45) is 4.47. The van der Waals surface area contributed by atoms with Crippen LogP contribution in [0.4, 0.5) is 14.5 Å². The number of benzene rings is 2. The summed E-state index contributed by atoms with van der Waals surface area (Å²) in [5, 5.41) is 3.12. The monoisotopic (exact) mass is 540 g/mol. The maximum absolute atomic E-state index is 14.2. The summed E-state index contributed by atoms with van der Waals surface area (Å²) in [6.45, 7) is -0.0720. The third kappa shape index (κ3) is 6.39. The van der Waals surface area contributed by atoms with Gasteiger partial charge in [0.2, 0.25) is 11.8 Å². The molecule has 4 rings (SSSR count). The van der Waals surface area contributed by atoms with Crippen molar-refractivity contribution in [2.75, 3.05) is 24.5 Å². The molecule has 12 heteroatoms. The van der Waals surface area contributed by atoms with Gasteiger partial charge in [0.25, 0.3) is 10.2 Å². The second-order valence-electron chi connectivity index (χ2n) is 8.88. The number of nitrogens with one attached hydrogen (secondary N) is 2. The Labute approximate surface area is 213 Å². The minimum absolute atomic E-state index is 0.126. The lowest BCUT2D eigenvalue weighted by Gasteiger charge is -2.34. The van der Waals surface area contributed by atoms with Gasteiger partial charge >= 0.3 is 0 Å². The van der Waals surface area contributed by atoms with Crippen molar-refractivity contribution in [3.8, 4) is 0 Å². The van der Waals surface area contributed by atoms with Crippen LogP contribution in [0.3, 0.4) is 0 Å². The van der Waals surface area contributed by atoms with E-state index in [4.69, 9.17) is 11.6 Å². The summed E-state index contributed by atoms with van der Waals surface area (Å²) in [7, 11) is -3.89. The van der Waals surface area contributed by atoms with E-state index in [0.717, 1.165) is 53.4 Å². The van der Waals surface area contributed by atoms with Crippen molar-refractivity contribution in [2.24, 2.45) is 0 Å². The van der Waals surface area contributed by atoms with Gasteiger partial charge in [-0.1, -0.05) is 49.1 Å². The van der Waals surface area contributed by atoms with E-state index in [1.165, 1.54) is 6.07 Å². The van der Waals surface area contributed by atoms with Crippen molar-refractivity contribution in [1.82, 2.24) is 14.3 Å². The number of carbonyl (C=O) groups excluding carboxylic acids is 2. The fourth-order valence-corrected chi connectivity index (χ4v) is 5.64. The Balaban J connectivity index is 1.74. The Bertz CT molecular complexity index is 1220. The fourth-order valence-electron chi connectivity index (χ4n) is 4.35. The molecule has 2 aliphatic rings. The first-order chi connectivity index (χ1) is 17.2. The number of amides is 2. The highest BCUT2D eigenvalue weighted by Crippen LogP contribution is 2.33. The molecule has 0 bridgehead atoms. The Morgan fingerprint density at radius 2 is 1.69 bits per heavy atom. The second kappa shape index (κ2) is 11.2. The van der Waals surface area contributed by atoms with E-state index >= 15 is 0 Å². The van der Waals surface area contributed by atoms with Gasteiger partial charge in [-0.15, -0.1) is 0 Å². The maximum Gasteiger partial charge on any atom is 0.280 e. The number of rotatable bonds is 9. The van der Waals surface area contributed by atoms with E-state index in [0.29, 0.717) is 19.2 Å². The van der Waals surface area contributed by atoms with Gasteiger partial charge in [0.15, 0.2) is 0 Å². The van der Waals surface area contributed by atoms with Gasteiger partial charge in [0.1, 0.15) is 17.7 Å². The molecule has 1 atom stereocenters. The van der Waals surface area contributed by atoms with E-state index in [-0.39, 0.29) is 22.3 Å². The van der Waals surface area contributed by atoms with Crippen LogP contribution in [0.1, 0.15) is 43.7 Å². The van der Waals surface area contributed by atoms with Gasteiger partial charge in [-0.3, -0.25) is 14.5 Å². The summed E-state index contributed by atoms with van der Waals surface area (Å²) in [6, 6.07) is 7.29. The number of nitrogens with zero attached hydrogens (tertiary/aromatic N) is 2. The quantitative estimate of drug-likeness (QED) is 0.477. The minimum atomic E-state index is -3.89. The molecule has 2 fully saturated rings. The third-order valence-corrected chi connectivity index (χ3v) is 8.10. The standard InChI is InChI=1S/C24H27ClF2N4O4S/c25-21-9-5-4-8-20(21)23(24(33)29-18-6-2-1-3-7-18)31(19-13-16(26)12-17(27)14-19)22(32)15-28-36(34,35)30-10-11-30/h4-5,8-9,12-14,18,23,28H,1-3,6-7,10-11,15H2,(H,29,33)/t23-/m0/s1. The van der Waals surface area contributed by atoms with E-state index < -0.39 is 46.2 Å². The maximum atomic E-state index is 14.2. The van der Waals surface area contributed by atoms with Crippen molar-refractivity contribution < 1.29 is 26.8 Å². The van der Waals surface area contributed by atoms with E-state index in [2.05, 4.69) is 10.0 Å². The largest absolute Gasteiger partial charge is 0.351 e. The van der Waals surface area contributed by atoms with Gasteiger partial charge in [0.05, 0.1) is 12.2 Å². The van der Waals surface area contributed by atoms with E-state index in [9.17, 15) is 26.8 Å². The topological polar surface area (TPSA) is 98.6 Å². The van der Waals surface area contributed by atoms with E-state index in [1.807, 2.05) is 0 Å². The van der Waals surface area contributed by atoms with Crippen molar-refractivity contribution >= 4 is 39.3 Å². The van der Waals surface area contributed by atoms with Crippen molar-refractivity contribution in [3.63, 3.8) is 0 Å². The lowest BCUT2D eigenvalue weighted by molar-refractivity contribution is -0.127. The summed E-state index contributed by atoms with van der Waals surface area (Å²) < 4.78 is 56.3. The first kappa shape index (κ1) is 26.5. The normalized spacial score (nSPS) is 17.4. The molecule has 0 unspecified atom stereocenters. The van der Waals surface area contributed by atoms with Gasteiger partial charge in [0, 0.05) is 35.8 Å². The molecule has 0 spiro atoms. The predicted molar refractivity (Wildman–Crippen MR) is 132 cm³/mol. The lowest BCUT2D eigenvalue weighted by Crippen LogP contribution is -2.50. The highest BCUT2D eigenvalue weighted by Gasteiger charge is 2.37. The number of halogens is 3. The molecule has 194 valence electrons. The van der Waals surface area contributed by atoms with Crippen LogP contribution in [-0.2, 0) is 19.8 Å². The fraction of sp³-hybridized carbons (Fsp3) is 0.417. The van der Waals surface area contributed by atoms with Gasteiger partial charge < -0.3 is 5.32 Å². The molecular formula is C24H27ClF2N4O4S. The number of hydrogen-bond donors (Lipinski definition) is 2. The Morgan fingerprint density at radius 1 is 1.06 bits per heavy atom. The lowest BCUT2D eigenvalue weighted by atomic mass is 9.94. The third-order valence-electron chi connectivity index (χ3n) is 6.20. The van der Waals surface area contributed by atoms with Crippen molar-refractivity contribution in [1.29, 1.82) is 0 Å². The molecular weight excluding hydrogens is 514 g/mol. The van der Waals surface area contributed by atoms with Crippen LogP contribution in [0.25, 0.3) is 0 Å². The molecule has 2 N–H and O–H groups in total. The summed E-state index contributed by atoms with van der Waals surface area (Å²) in [5.41, 5.74) is -0.00793. The van der Waals surface area contributed by atoms with Crippen LogP contribution in [0.2, 0.25) is 5.02 Å². The smallest absolute Gasteiger partial charge is 0.280 e. The van der Waals surface area contributed by atoms with Crippen molar-refractivity contribution in [2.45, 2.75) is 44.2 Å². The highest BCUT2D eigenvalue weighted by atomic mass is 35.5. The molecule has 2 amide bonds. The first-order valence-corrected chi connectivity index (χ1v) is 13.6. The zero-order chi connectivity index (χ0) is 25.9. The Morgan fingerprint density at radius 3 is 2.31 bits per heavy atom. The zero-order valence-corrected chi connectivity index (χ0v) is 21.0. The molecule has 1 heterocycles. The molecule has 1 saturated carbocycles. The highest BCUT2D eigenvalue weighted by molar-refractivity contribution is 7.87. The molecule has 36 heavy (non-hydrogen) atoms. The van der Waals surface area contributed by atoms with Gasteiger partial charge in [-0.2, -0.15) is 17.4 Å². The minimum Gasteiger partial charge on any atom is -0.351 e. The molecule has 1 saturated heterocycles. The van der Waals surface area contributed by atoms with Gasteiger partial charge in [-0.25, -0.2) is 8.78 Å².